The average molecular weight is 426 g/mol. The molecule has 0 fully saturated rings. The normalized spacial score (nSPS) is 15.5. The van der Waals surface area contributed by atoms with Crippen molar-refractivity contribution in [1.82, 2.24) is 0 Å². The molecule has 0 bridgehead atoms. The van der Waals surface area contributed by atoms with E-state index in [1.807, 2.05) is 25.1 Å². The van der Waals surface area contributed by atoms with Crippen LogP contribution in [-0.2, 0) is 5.41 Å². The van der Waals surface area contributed by atoms with Gasteiger partial charge in [0.05, 0.1) is 32.1 Å². The van der Waals surface area contributed by atoms with Gasteiger partial charge in [0, 0.05) is 11.3 Å². The number of ether oxygens (including phenoxy) is 4. The van der Waals surface area contributed by atoms with Gasteiger partial charge in [-0.25, -0.2) is 0 Å². The summed E-state index contributed by atoms with van der Waals surface area (Å²) in [6.45, 7) is 1.83. The minimum absolute atomic E-state index is 0.140. The molecule has 8 nitrogen and oxygen atoms in total. The van der Waals surface area contributed by atoms with Gasteiger partial charge in [-0.2, -0.15) is 5.26 Å². The molecule has 164 valence electrons. The summed E-state index contributed by atoms with van der Waals surface area (Å²) in [5.41, 5.74) is -0.0275. The highest BCUT2D eigenvalue weighted by Crippen LogP contribution is 2.37. The van der Waals surface area contributed by atoms with Crippen molar-refractivity contribution in [3.05, 3.63) is 58.1 Å². The van der Waals surface area contributed by atoms with Gasteiger partial charge in [0.2, 0.25) is 12.3 Å². The second-order valence-electron chi connectivity index (χ2n) is 7.69. The van der Waals surface area contributed by atoms with Gasteiger partial charge in [0.1, 0.15) is 0 Å². The number of rotatable bonds is 10. The largest absolute Gasteiger partial charge is 0.493 e. The summed E-state index contributed by atoms with van der Waals surface area (Å²) in [5.74, 6) is 2.32. The Kier molecular flexibility index (Phi) is 6.85. The molecule has 8 heteroatoms. The van der Waals surface area contributed by atoms with Crippen LogP contribution in [0.5, 0.6) is 23.0 Å². The van der Waals surface area contributed by atoms with Crippen molar-refractivity contribution < 1.29 is 23.9 Å². The zero-order valence-electron chi connectivity index (χ0n) is 17.9. The monoisotopic (exact) mass is 426 g/mol. The minimum atomic E-state index is -0.826. The molecule has 2 aromatic rings. The summed E-state index contributed by atoms with van der Waals surface area (Å²) in [7, 11) is 3.09. The summed E-state index contributed by atoms with van der Waals surface area (Å²) in [6.07, 6.45) is 0.749. The predicted molar refractivity (Wildman–Crippen MR) is 113 cm³/mol. The topological polar surface area (TPSA) is 104 Å². The van der Waals surface area contributed by atoms with Crippen LogP contribution in [0.15, 0.2) is 42.5 Å². The molecule has 0 N–H and O–H groups in total. The van der Waals surface area contributed by atoms with Gasteiger partial charge in [-0.05, 0) is 49.6 Å². The van der Waals surface area contributed by atoms with E-state index in [-0.39, 0.29) is 11.3 Å². The van der Waals surface area contributed by atoms with Crippen LogP contribution >= 0.6 is 0 Å². The molecule has 0 saturated carbocycles. The molecule has 0 saturated heterocycles. The quantitative estimate of drug-likeness (QED) is 0.407. The Hall–Kier alpha value is -3.47. The Morgan fingerprint density at radius 3 is 2.35 bits per heavy atom. The standard InChI is InChI=1S/C23H26N2O6/c1-23(15-24,16-10-11-18(28-2)21(13-16)29-3)12-6-7-17(25(26)27)14-22-30-19-8-4-5-9-20(19)31-22/h4-5,8-11,13,17,22H,6-7,12,14H2,1-3H3. The smallest absolute Gasteiger partial charge is 0.248 e. The van der Waals surface area contributed by atoms with Crippen molar-refractivity contribution in [2.45, 2.75) is 50.4 Å². The zero-order valence-corrected chi connectivity index (χ0v) is 17.9. The highest BCUT2D eigenvalue weighted by atomic mass is 16.7. The molecular weight excluding hydrogens is 400 g/mol. The summed E-state index contributed by atoms with van der Waals surface area (Å²) < 4.78 is 21.9. The molecular formula is C23H26N2O6. The number of methoxy groups -OCH3 is 2. The van der Waals surface area contributed by atoms with E-state index in [0.717, 1.165) is 5.56 Å². The van der Waals surface area contributed by atoms with Gasteiger partial charge in [-0.15, -0.1) is 0 Å². The van der Waals surface area contributed by atoms with Crippen molar-refractivity contribution in [2.24, 2.45) is 0 Å². The maximum atomic E-state index is 11.6. The van der Waals surface area contributed by atoms with Crippen LogP contribution in [0.25, 0.3) is 0 Å². The number of hydrogen-bond donors (Lipinski definition) is 0. The van der Waals surface area contributed by atoms with Crippen LogP contribution in [0.1, 0.15) is 38.2 Å². The lowest BCUT2D eigenvalue weighted by molar-refractivity contribution is -0.527. The van der Waals surface area contributed by atoms with E-state index in [1.165, 1.54) is 0 Å². The van der Waals surface area contributed by atoms with Gasteiger partial charge in [-0.3, -0.25) is 10.1 Å². The molecule has 2 unspecified atom stereocenters. The van der Waals surface area contributed by atoms with E-state index in [2.05, 4.69) is 6.07 Å². The molecule has 0 aliphatic carbocycles. The third-order valence-electron chi connectivity index (χ3n) is 5.61. The Labute approximate surface area is 181 Å². The first-order valence-electron chi connectivity index (χ1n) is 10.1. The Morgan fingerprint density at radius 2 is 1.81 bits per heavy atom. The lowest BCUT2D eigenvalue weighted by Crippen LogP contribution is -2.30. The van der Waals surface area contributed by atoms with Crippen molar-refractivity contribution in [3.8, 4) is 29.1 Å². The van der Waals surface area contributed by atoms with Crippen LogP contribution in [-0.4, -0.2) is 31.5 Å². The lowest BCUT2D eigenvalue weighted by Gasteiger charge is -2.23. The Bertz CT molecular complexity index is 948. The number of hydrogen-bond acceptors (Lipinski definition) is 7. The van der Waals surface area contributed by atoms with Gasteiger partial charge in [0.25, 0.3) is 0 Å². The minimum Gasteiger partial charge on any atom is -0.493 e. The zero-order chi connectivity index (χ0) is 22.4. The first-order valence-corrected chi connectivity index (χ1v) is 10.1. The fourth-order valence-electron chi connectivity index (χ4n) is 3.72. The first kappa shape index (κ1) is 22.2. The summed E-state index contributed by atoms with van der Waals surface area (Å²) in [4.78, 5) is 11.3. The van der Waals surface area contributed by atoms with Crippen molar-refractivity contribution in [3.63, 3.8) is 0 Å². The van der Waals surface area contributed by atoms with Gasteiger partial charge in [0.15, 0.2) is 23.0 Å². The van der Waals surface area contributed by atoms with E-state index in [9.17, 15) is 15.4 Å². The number of nitro groups is 1. The maximum absolute atomic E-state index is 11.6. The van der Waals surface area contributed by atoms with Crippen LogP contribution in [0, 0.1) is 21.4 Å². The number of fused-ring (bicyclic) bond motifs is 1. The van der Waals surface area contributed by atoms with E-state index >= 15 is 0 Å². The molecule has 0 radical (unpaired) electrons. The first-order chi connectivity index (χ1) is 14.9. The van der Waals surface area contributed by atoms with E-state index in [1.54, 1.807) is 38.5 Å². The number of nitrogens with zero attached hydrogens (tertiary/aromatic N) is 2. The average Bonchev–Trinajstić information content (AvgIpc) is 3.20. The van der Waals surface area contributed by atoms with Gasteiger partial charge >= 0.3 is 0 Å². The molecule has 1 aliphatic heterocycles. The third-order valence-corrected chi connectivity index (χ3v) is 5.61. The van der Waals surface area contributed by atoms with E-state index < -0.39 is 17.7 Å². The molecule has 0 spiro atoms. The highest BCUT2D eigenvalue weighted by molar-refractivity contribution is 5.46. The van der Waals surface area contributed by atoms with Gasteiger partial charge in [-0.1, -0.05) is 18.2 Å². The van der Waals surface area contributed by atoms with Crippen molar-refractivity contribution in [1.29, 1.82) is 5.26 Å². The van der Waals surface area contributed by atoms with Crippen LogP contribution < -0.4 is 18.9 Å². The fourth-order valence-corrected chi connectivity index (χ4v) is 3.72. The van der Waals surface area contributed by atoms with E-state index in [0.29, 0.717) is 42.3 Å². The Balaban J connectivity index is 1.62. The van der Waals surface area contributed by atoms with Crippen LogP contribution in [0.4, 0.5) is 0 Å². The Morgan fingerprint density at radius 1 is 1.16 bits per heavy atom. The van der Waals surface area contributed by atoms with Crippen LogP contribution in [0.2, 0.25) is 0 Å². The molecule has 31 heavy (non-hydrogen) atoms. The van der Waals surface area contributed by atoms with Crippen molar-refractivity contribution in [2.75, 3.05) is 14.2 Å². The summed E-state index contributed by atoms with van der Waals surface area (Å²) in [6, 6.07) is 14.1. The molecule has 2 aromatic carbocycles. The van der Waals surface area contributed by atoms with Crippen LogP contribution in [0.3, 0.4) is 0 Å². The molecule has 1 aliphatic rings. The summed E-state index contributed by atoms with van der Waals surface area (Å²) >= 11 is 0. The number of benzene rings is 2. The molecule has 0 aromatic heterocycles. The maximum Gasteiger partial charge on any atom is 0.248 e. The third kappa shape index (κ3) is 5.00. The predicted octanol–water partition coefficient (Wildman–Crippen LogP) is 4.49. The molecule has 1 heterocycles. The lowest BCUT2D eigenvalue weighted by atomic mass is 9.79. The van der Waals surface area contributed by atoms with Crippen molar-refractivity contribution >= 4 is 0 Å². The SMILES string of the molecule is COc1ccc(C(C)(C#N)CCCC(CC2Oc3ccccc3O2)[N+](=O)[O-])cc1OC. The highest BCUT2D eigenvalue weighted by Gasteiger charge is 2.33. The fraction of sp³-hybridized carbons (Fsp3) is 0.435. The molecule has 0 amide bonds. The van der Waals surface area contributed by atoms with E-state index in [4.69, 9.17) is 18.9 Å². The second kappa shape index (κ2) is 9.56. The molecule has 3 rings (SSSR count). The second-order valence-corrected chi connectivity index (χ2v) is 7.69. The van der Waals surface area contributed by atoms with Gasteiger partial charge < -0.3 is 18.9 Å². The summed E-state index contributed by atoms with van der Waals surface area (Å²) in [5, 5.41) is 21.4. The number of para-hydroxylation sites is 2. The molecule has 2 atom stereocenters. The number of nitriles is 1.